The molecule has 2 aliphatic rings. The molecule has 2 fully saturated rings. The largest absolute Gasteiger partial charge is 2.00 e. The van der Waals surface area contributed by atoms with Crippen molar-refractivity contribution in [2.24, 2.45) is 17.8 Å². The van der Waals surface area contributed by atoms with Gasteiger partial charge in [-0.2, -0.15) is 0 Å². The Labute approximate surface area is 405 Å². The Kier molecular flexibility index (Phi) is 32.0. The maximum Gasteiger partial charge on any atom is 2.00 e. The van der Waals surface area contributed by atoms with Crippen LogP contribution in [-0.4, -0.2) is 133 Å². The van der Waals surface area contributed by atoms with Crippen LogP contribution in [0.4, 0.5) is 14.4 Å². The molecular weight excluding hydrogens is 865 g/mol. The smallest absolute Gasteiger partial charge is 0.769 e. The predicted octanol–water partition coefficient (Wildman–Crippen LogP) is 6.26. The molecule has 0 aromatic heterocycles. The molecule has 352 valence electrons. The summed E-state index contributed by atoms with van der Waals surface area (Å²) in [6.45, 7) is 37.7. The van der Waals surface area contributed by atoms with Crippen LogP contribution >= 0.6 is 23.7 Å². The Balaban J connectivity index is -0.000000380. The van der Waals surface area contributed by atoms with E-state index in [1.165, 1.54) is 0 Å². The van der Waals surface area contributed by atoms with Gasteiger partial charge in [0.05, 0.1) is 31.3 Å². The van der Waals surface area contributed by atoms with Crippen molar-refractivity contribution in [2.45, 2.75) is 190 Å². The van der Waals surface area contributed by atoms with E-state index in [1.54, 1.807) is 83.1 Å². The molecule has 3 N–H and O–H groups in total. The average molecular weight is 941 g/mol. The van der Waals surface area contributed by atoms with Gasteiger partial charge in [-0.1, -0.05) is 48.1 Å². The Morgan fingerprint density at radius 1 is 0.574 bits per heavy atom. The molecule has 0 aliphatic carbocycles. The molecule has 0 unspecified atom stereocenters. The number of alkyl carbamates (subject to hydrolysis) is 3. The third kappa shape index (κ3) is 32.5. The van der Waals surface area contributed by atoms with E-state index in [0.29, 0.717) is 55.8 Å². The topological polar surface area (TPSA) is 237 Å². The molecular formula is C42H75CaCl2N3O13. The first-order valence-electron chi connectivity index (χ1n) is 19.9. The number of epoxide rings is 2. The third-order valence-electron chi connectivity index (χ3n) is 7.76. The molecule has 2 rings (SSSR count). The number of ketones is 3. The summed E-state index contributed by atoms with van der Waals surface area (Å²) >= 11 is 6.78. The standard InChI is InChI=1S/2C14H25NO4.C14H25NO3.Ca.2ClO/c2*1-9(2)7-10(11(16)14(6)8-18-14)15-12(17)19-13(3,4)5;1-9(2)8-11(12(16)10(3)4)15-13(17)18-14(5,6)7;;2*1-2/h2*9-10H,7-8H2,1-6H3,(H,15,17);9,11H,3,8H2,1-2,4-7H3,(H,15,17);;;/q;;;+2;2*-1/t10-,14+;10-,14-;11-;;;/m000.../s1. The molecule has 0 radical (unpaired) electrons. The molecule has 0 bridgehead atoms. The molecule has 0 aromatic rings. The summed E-state index contributed by atoms with van der Waals surface area (Å²) < 4.78 is 41.3. The number of amides is 3. The number of carbonyl (C=O) groups excluding carboxylic acids is 6. The van der Waals surface area contributed by atoms with Crippen LogP contribution in [0.25, 0.3) is 0 Å². The van der Waals surface area contributed by atoms with Crippen molar-refractivity contribution in [1.29, 1.82) is 0 Å². The first-order valence-corrected chi connectivity index (χ1v) is 20.6. The molecule has 19 heteroatoms. The van der Waals surface area contributed by atoms with Crippen LogP contribution in [0.5, 0.6) is 0 Å². The quantitative estimate of drug-likeness (QED) is 0.0713. The van der Waals surface area contributed by atoms with Gasteiger partial charge < -0.3 is 49.0 Å². The van der Waals surface area contributed by atoms with Crippen LogP contribution in [0.1, 0.15) is 144 Å². The number of hydrogen-bond donors (Lipinski definition) is 3. The molecule has 0 saturated carbocycles. The molecule has 16 nitrogen and oxygen atoms in total. The number of rotatable bonds is 15. The maximum absolute atomic E-state index is 12.3. The summed E-state index contributed by atoms with van der Waals surface area (Å²) in [5, 5.41) is 7.94. The fraction of sp³-hybridized carbons (Fsp3) is 0.810. The number of nitrogens with one attached hydrogen (secondary N) is 3. The second-order valence-corrected chi connectivity index (χ2v) is 19.4. The third-order valence-corrected chi connectivity index (χ3v) is 7.76. The zero-order valence-electron chi connectivity index (χ0n) is 40.0. The predicted molar refractivity (Wildman–Crippen MR) is 234 cm³/mol. The van der Waals surface area contributed by atoms with Crippen LogP contribution < -0.4 is 25.3 Å². The summed E-state index contributed by atoms with van der Waals surface area (Å²) in [5.74, 6) is 0.597. The monoisotopic (exact) mass is 939 g/mol. The van der Waals surface area contributed by atoms with E-state index in [9.17, 15) is 28.8 Å². The summed E-state index contributed by atoms with van der Waals surface area (Å²) in [6.07, 6.45) is 0.0492. The molecule has 2 saturated heterocycles. The molecule has 0 spiro atoms. The van der Waals surface area contributed by atoms with Gasteiger partial charge >= 0.3 is 56.0 Å². The van der Waals surface area contributed by atoms with Gasteiger partial charge in [-0.25, -0.2) is 38.1 Å². The van der Waals surface area contributed by atoms with E-state index in [1.807, 2.05) is 41.5 Å². The first-order chi connectivity index (χ1) is 27.1. The summed E-state index contributed by atoms with van der Waals surface area (Å²) in [4.78, 5) is 71.7. The zero-order valence-corrected chi connectivity index (χ0v) is 43.7. The first kappa shape index (κ1) is 65.8. The Bertz CT molecular complexity index is 1310. The fourth-order valence-electron chi connectivity index (χ4n) is 4.99. The summed E-state index contributed by atoms with van der Waals surface area (Å²) in [6, 6.07) is -1.66. The number of Topliss-reactive ketones (excluding diaryl/α,β-unsaturated/α-hetero) is 3. The van der Waals surface area contributed by atoms with E-state index in [0.717, 1.165) is 0 Å². The minimum Gasteiger partial charge on any atom is -0.769 e. The van der Waals surface area contributed by atoms with Gasteiger partial charge in [-0.3, -0.25) is 14.4 Å². The van der Waals surface area contributed by atoms with Crippen molar-refractivity contribution >= 4 is 97.1 Å². The van der Waals surface area contributed by atoms with Crippen molar-refractivity contribution in [3.05, 3.63) is 12.2 Å². The van der Waals surface area contributed by atoms with E-state index in [4.69, 9.17) is 33.0 Å². The minimum absolute atomic E-state index is 0. The van der Waals surface area contributed by atoms with E-state index in [-0.39, 0.29) is 55.1 Å². The SMILES string of the molecule is C=C(C)C(=O)[C@H](CC(C)C)NC(=O)OC(C)(C)C.CC(C)C[C@H](NC(=O)OC(C)(C)C)C(=O)[C@@]1(C)CO1.CC(C)C[C@H](NC(=O)OC(C)(C)C)C(=O)[C@]1(C)CO1.[Ca+2].[O-]Cl.[O-]Cl. The van der Waals surface area contributed by atoms with Gasteiger partial charge in [0.25, 0.3) is 0 Å². The number of hydrogen-bond acceptors (Lipinski definition) is 13. The van der Waals surface area contributed by atoms with Gasteiger partial charge in [0.2, 0.25) is 0 Å². The number of ether oxygens (including phenoxy) is 5. The maximum atomic E-state index is 12.3. The Hall–Kier alpha value is -1.76. The van der Waals surface area contributed by atoms with E-state index in [2.05, 4.69) is 46.3 Å². The normalized spacial score (nSPS) is 19.0. The second-order valence-electron chi connectivity index (χ2n) is 19.4. The van der Waals surface area contributed by atoms with Crippen molar-refractivity contribution in [3.63, 3.8) is 0 Å². The minimum atomic E-state index is -0.728. The van der Waals surface area contributed by atoms with Gasteiger partial charge in [0.1, 0.15) is 28.0 Å². The Morgan fingerprint density at radius 2 is 0.787 bits per heavy atom. The number of carbonyl (C=O) groups is 6. The van der Waals surface area contributed by atoms with Crippen LogP contribution in [-0.2, 0) is 38.1 Å². The van der Waals surface area contributed by atoms with E-state index >= 15 is 0 Å². The van der Waals surface area contributed by atoms with Crippen LogP contribution in [0, 0.1) is 17.8 Å². The number of halogens is 2. The summed E-state index contributed by atoms with van der Waals surface area (Å²) in [5.41, 5.74) is -2.73. The van der Waals surface area contributed by atoms with Crippen LogP contribution in [0.2, 0.25) is 0 Å². The van der Waals surface area contributed by atoms with Gasteiger partial charge in [0.15, 0.2) is 17.3 Å². The summed E-state index contributed by atoms with van der Waals surface area (Å²) in [7, 11) is 0. The van der Waals surface area contributed by atoms with Crippen LogP contribution in [0.3, 0.4) is 0 Å². The van der Waals surface area contributed by atoms with Crippen LogP contribution in [0.15, 0.2) is 12.2 Å². The van der Waals surface area contributed by atoms with Gasteiger partial charge in [-0.05, 0) is 126 Å². The molecule has 61 heavy (non-hydrogen) atoms. The van der Waals surface area contributed by atoms with Crippen molar-refractivity contribution in [3.8, 4) is 0 Å². The van der Waals surface area contributed by atoms with Crippen molar-refractivity contribution in [2.75, 3.05) is 13.2 Å². The Morgan fingerprint density at radius 3 is 0.967 bits per heavy atom. The zero-order chi connectivity index (χ0) is 48.2. The molecule has 5 atom stereocenters. The molecule has 2 aliphatic heterocycles. The van der Waals surface area contributed by atoms with Gasteiger partial charge in [-0.15, -0.1) is 0 Å². The van der Waals surface area contributed by atoms with Gasteiger partial charge in [0, 0.05) is 0 Å². The second kappa shape index (κ2) is 29.6. The molecule has 0 aromatic carbocycles. The van der Waals surface area contributed by atoms with Crippen molar-refractivity contribution in [1.82, 2.24) is 16.0 Å². The molecule has 2 heterocycles. The van der Waals surface area contributed by atoms with Crippen molar-refractivity contribution < 1.29 is 61.8 Å². The molecule has 3 amide bonds. The average Bonchev–Trinajstić information content (AvgIpc) is 4.00. The van der Waals surface area contributed by atoms with E-state index < -0.39 is 64.4 Å². The fourth-order valence-corrected chi connectivity index (χ4v) is 4.99.